The second kappa shape index (κ2) is 10.8. The fourth-order valence-corrected chi connectivity index (χ4v) is 6.94. The lowest BCUT2D eigenvalue weighted by Gasteiger charge is -2.29. The number of para-hydroxylation sites is 1. The van der Waals surface area contributed by atoms with Gasteiger partial charge < -0.3 is 9.32 Å². The first-order chi connectivity index (χ1) is 22.8. The Morgan fingerprint density at radius 1 is 0.391 bits per heavy atom. The number of rotatable bonds is 5. The predicted molar refractivity (Wildman–Crippen MR) is 194 cm³/mol. The molecule has 2 nitrogen and oxygen atoms in total. The highest BCUT2D eigenvalue weighted by atomic mass is 16.3. The molecule has 1 heterocycles. The zero-order valence-corrected chi connectivity index (χ0v) is 25.1. The van der Waals surface area contributed by atoms with Crippen molar-refractivity contribution < 1.29 is 4.42 Å². The normalized spacial score (nSPS) is 11.5. The molecule has 0 aliphatic rings. The van der Waals surface area contributed by atoms with Crippen molar-refractivity contribution in [1.29, 1.82) is 0 Å². The number of hydrogen-bond donors (Lipinski definition) is 0. The van der Waals surface area contributed by atoms with Crippen molar-refractivity contribution in [2.24, 2.45) is 0 Å². The van der Waals surface area contributed by atoms with Crippen molar-refractivity contribution in [3.8, 4) is 22.3 Å². The van der Waals surface area contributed by atoms with E-state index >= 15 is 0 Å². The number of hydrogen-bond acceptors (Lipinski definition) is 2. The van der Waals surface area contributed by atoms with Crippen LogP contribution in [0, 0.1) is 0 Å². The Balaban J connectivity index is 1.33. The van der Waals surface area contributed by atoms with E-state index in [1.165, 1.54) is 27.3 Å². The van der Waals surface area contributed by atoms with Crippen molar-refractivity contribution >= 4 is 60.5 Å². The molecule has 46 heavy (non-hydrogen) atoms. The van der Waals surface area contributed by atoms with Gasteiger partial charge >= 0.3 is 0 Å². The summed E-state index contributed by atoms with van der Waals surface area (Å²) in [6.07, 6.45) is 0. The summed E-state index contributed by atoms with van der Waals surface area (Å²) in [5.74, 6) is 0. The van der Waals surface area contributed by atoms with Crippen molar-refractivity contribution in [2.45, 2.75) is 0 Å². The van der Waals surface area contributed by atoms with Crippen molar-refractivity contribution in [3.63, 3.8) is 0 Å². The maximum atomic E-state index is 6.61. The van der Waals surface area contributed by atoms with E-state index in [-0.39, 0.29) is 0 Å². The van der Waals surface area contributed by atoms with Crippen molar-refractivity contribution in [2.75, 3.05) is 4.90 Å². The van der Waals surface area contributed by atoms with Crippen LogP contribution in [0.5, 0.6) is 0 Å². The number of nitrogens with zero attached hydrogens (tertiary/aromatic N) is 1. The molecule has 0 N–H and O–H groups in total. The van der Waals surface area contributed by atoms with E-state index in [9.17, 15) is 0 Å². The second-order valence-electron chi connectivity index (χ2n) is 11.7. The van der Waals surface area contributed by atoms with Crippen LogP contribution in [0.1, 0.15) is 0 Å². The fourth-order valence-electron chi connectivity index (χ4n) is 6.94. The molecule has 8 aromatic carbocycles. The minimum absolute atomic E-state index is 0.890. The zero-order chi connectivity index (χ0) is 30.5. The molecular weight excluding hydrogens is 558 g/mol. The standard InChI is InChI=1S/C44H29NO/c1-2-13-30(14-3-1)33-18-10-19-34(29-33)45(40-25-11-17-31-15-4-6-20-35(31)40)41-24-9-8-22-37(41)38-23-12-26-42-43(38)39-28-27-32-16-5-7-21-36(32)44(39)46-42/h1-29H. The first-order valence-corrected chi connectivity index (χ1v) is 15.7. The molecular formula is C44H29NO. The van der Waals surface area contributed by atoms with Gasteiger partial charge in [-0.15, -0.1) is 0 Å². The molecule has 0 radical (unpaired) electrons. The summed E-state index contributed by atoms with van der Waals surface area (Å²) in [4.78, 5) is 2.42. The molecule has 9 aromatic rings. The van der Waals surface area contributed by atoms with Gasteiger partial charge in [-0.3, -0.25) is 0 Å². The molecule has 0 saturated carbocycles. The van der Waals surface area contributed by atoms with E-state index in [1.54, 1.807) is 0 Å². The van der Waals surface area contributed by atoms with E-state index in [4.69, 9.17) is 4.42 Å². The Hall–Kier alpha value is -6.12. The van der Waals surface area contributed by atoms with Gasteiger partial charge in [0.25, 0.3) is 0 Å². The van der Waals surface area contributed by atoms with Gasteiger partial charge in [-0.1, -0.05) is 140 Å². The van der Waals surface area contributed by atoms with Gasteiger partial charge in [-0.25, -0.2) is 0 Å². The first-order valence-electron chi connectivity index (χ1n) is 15.7. The molecule has 0 aliphatic carbocycles. The van der Waals surface area contributed by atoms with Gasteiger partial charge in [0.2, 0.25) is 0 Å². The van der Waals surface area contributed by atoms with E-state index in [0.717, 1.165) is 55.5 Å². The summed E-state index contributed by atoms with van der Waals surface area (Å²) in [7, 11) is 0. The van der Waals surface area contributed by atoms with Gasteiger partial charge in [-0.05, 0) is 63.9 Å². The zero-order valence-electron chi connectivity index (χ0n) is 25.1. The van der Waals surface area contributed by atoms with Crippen LogP contribution in [0.25, 0.3) is 65.7 Å². The Kier molecular flexibility index (Phi) is 6.17. The monoisotopic (exact) mass is 587 g/mol. The van der Waals surface area contributed by atoms with Crippen LogP contribution in [-0.4, -0.2) is 0 Å². The van der Waals surface area contributed by atoms with Crippen LogP contribution in [-0.2, 0) is 0 Å². The molecule has 0 bridgehead atoms. The summed E-state index contributed by atoms with van der Waals surface area (Å²) >= 11 is 0. The highest BCUT2D eigenvalue weighted by molar-refractivity contribution is 6.20. The minimum atomic E-state index is 0.890. The van der Waals surface area contributed by atoms with E-state index in [2.05, 4.69) is 181 Å². The third-order valence-corrected chi connectivity index (χ3v) is 9.04. The highest BCUT2D eigenvalue weighted by Gasteiger charge is 2.22. The maximum absolute atomic E-state index is 6.61. The first kappa shape index (κ1) is 26.3. The van der Waals surface area contributed by atoms with Crippen LogP contribution in [0.3, 0.4) is 0 Å². The lowest BCUT2D eigenvalue weighted by atomic mass is 9.95. The molecule has 0 aliphatic heterocycles. The molecule has 216 valence electrons. The quantitative estimate of drug-likeness (QED) is 0.199. The largest absolute Gasteiger partial charge is 0.455 e. The average Bonchev–Trinajstić information content (AvgIpc) is 3.52. The van der Waals surface area contributed by atoms with Crippen molar-refractivity contribution in [3.05, 3.63) is 176 Å². The SMILES string of the molecule is c1ccc(-c2cccc(N(c3ccccc3-c3cccc4oc5c6ccccc6ccc5c34)c3cccc4ccccc34)c2)cc1. The van der Waals surface area contributed by atoms with Crippen molar-refractivity contribution in [1.82, 2.24) is 0 Å². The number of furan rings is 1. The molecule has 0 spiro atoms. The molecule has 9 rings (SSSR count). The lowest BCUT2D eigenvalue weighted by Crippen LogP contribution is -2.12. The Morgan fingerprint density at radius 3 is 1.91 bits per heavy atom. The summed E-state index contributed by atoms with van der Waals surface area (Å²) in [5.41, 5.74) is 9.81. The lowest BCUT2D eigenvalue weighted by molar-refractivity contribution is 0.673. The molecule has 0 saturated heterocycles. The summed E-state index contributed by atoms with van der Waals surface area (Å²) in [6.45, 7) is 0. The van der Waals surface area contributed by atoms with Gasteiger partial charge in [0, 0.05) is 32.8 Å². The number of benzene rings is 8. The molecule has 1 aromatic heterocycles. The van der Waals surface area contributed by atoms with Gasteiger partial charge in [0.05, 0.1) is 11.4 Å². The smallest absolute Gasteiger partial charge is 0.143 e. The summed E-state index contributed by atoms with van der Waals surface area (Å²) in [6, 6.07) is 62.7. The molecule has 0 unspecified atom stereocenters. The van der Waals surface area contributed by atoms with E-state index in [0.29, 0.717) is 0 Å². The van der Waals surface area contributed by atoms with E-state index < -0.39 is 0 Å². The molecule has 2 heteroatoms. The predicted octanol–water partition coefficient (Wildman–Crippen LogP) is 12.7. The molecule has 0 amide bonds. The van der Waals surface area contributed by atoms with Gasteiger partial charge in [0.15, 0.2) is 0 Å². The molecule has 0 fully saturated rings. The van der Waals surface area contributed by atoms with Crippen LogP contribution < -0.4 is 4.90 Å². The Bertz CT molecular complexity index is 2540. The number of anilines is 3. The maximum Gasteiger partial charge on any atom is 0.143 e. The summed E-state index contributed by atoms with van der Waals surface area (Å²) in [5, 5.41) is 6.97. The Labute approximate surface area is 267 Å². The summed E-state index contributed by atoms with van der Waals surface area (Å²) < 4.78 is 6.61. The minimum Gasteiger partial charge on any atom is -0.455 e. The topological polar surface area (TPSA) is 16.4 Å². The average molecular weight is 588 g/mol. The molecule has 0 atom stereocenters. The van der Waals surface area contributed by atoms with Gasteiger partial charge in [0.1, 0.15) is 11.2 Å². The van der Waals surface area contributed by atoms with Crippen LogP contribution in [0.15, 0.2) is 180 Å². The van der Waals surface area contributed by atoms with Crippen LogP contribution in [0.4, 0.5) is 17.1 Å². The Morgan fingerprint density at radius 2 is 1.02 bits per heavy atom. The van der Waals surface area contributed by atoms with Crippen LogP contribution >= 0.6 is 0 Å². The van der Waals surface area contributed by atoms with E-state index in [1.807, 2.05) is 0 Å². The fraction of sp³-hybridized carbons (Fsp3) is 0. The number of fused-ring (bicyclic) bond motifs is 6. The third kappa shape index (κ3) is 4.27. The third-order valence-electron chi connectivity index (χ3n) is 9.04. The van der Waals surface area contributed by atoms with Gasteiger partial charge in [-0.2, -0.15) is 0 Å². The second-order valence-corrected chi connectivity index (χ2v) is 11.7. The highest BCUT2D eigenvalue weighted by Crippen LogP contribution is 2.47. The van der Waals surface area contributed by atoms with Crippen LogP contribution in [0.2, 0.25) is 0 Å².